The Morgan fingerprint density at radius 1 is 0.623 bits per heavy atom. The van der Waals surface area contributed by atoms with Crippen LogP contribution in [0.4, 0.5) is 0 Å². The normalized spacial score (nSPS) is 21.7. The lowest BCUT2D eigenvalue weighted by molar-refractivity contribution is -0.302. The third kappa shape index (κ3) is 26.4. The van der Waals surface area contributed by atoms with Gasteiger partial charge < -0.3 is 40.3 Å². The van der Waals surface area contributed by atoms with Crippen LogP contribution in [0.25, 0.3) is 0 Å². The zero-order valence-electron chi connectivity index (χ0n) is 34.3. The van der Waals surface area contributed by atoms with E-state index in [0.29, 0.717) is 12.8 Å². The number of aliphatic hydroxyl groups is 5. The molecular weight excluding hydrogens is 670 g/mol. The zero-order chi connectivity index (χ0) is 38.8. The van der Waals surface area contributed by atoms with E-state index in [0.717, 1.165) is 51.4 Å². The van der Waals surface area contributed by atoms with Gasteiger partial charge in [0.2, 0.25) is 5.91 Å². The number of rotatable bonds is 37. The molecule has 314 valence electrons. The summed E-state index contributed by atoms with van der Waals surface area (Å²) < 4.78 is 11.2. The number of carbonyl (C=O) groups is 1. The molecule has 1 aliphatic rings. The number of hydrogen-bond donors (Lipinski definition) is 6. The number of aliphatic hydroxyl groups excluding tert-OH is 5. The fraction of sp³-hybridized carbons (Fsp3) is 0.932. The second kappa shape index (κ2) is 35.4. The lowest BCUT2D eigenvalue weighted by Gasteiger charge is -2.40. The summed E-state index contributed by atoms with van der Waals surface area (Å²) in [5.41, 5.74) is 0. The SMILES string of the molecule is CCCCCCCCCCC/C=C\CCCCCCCC(=O)NC(COC1OC(CO)C(O)C(O)C1O)C(O)CCCCCCCCCCCCCC. The molecule has 0 aliphatic carbocycles. The van der Waals surface area contributed by atoms with Crippen LogP contribution < -0.4 is 5.32 Å². The number of nitrogens with one attached hydrogen (secondary N) is 1. The molecule has 0 saturated carbocycles. The van der Waals surface area contributed by atoms with Crippen molar-refractivity contribution in [1.29, 1.82) is 0 Å². The maximum atomic E-state index is 12.9. The first-order chi connectivity index (χ1) is 25.8. The van der Waals surface area contributed by atoms with Gasteiger partial charge in [0.25, 0.3) is 0 Å². The highest BCUT2D eigenvalue weighted by Crippen LogP contribution is 2.23. The highest BCUT2D eigenvalue weighted by molar-refractivity contribution is 5.76. The first kappa shape index (κ1) is 49.9. The molecule has 1 heterocycles. The van der Waals surface area contributed by atoms with E-state index in [-0.39, 0.29) is 12.5 Å². The van der Waals surface area contributed by atoms with Crippen LogP contribution in [0.1, 0.15) is 206 Å². The molecule has 0 bridgehead atoms. The quantitative estimate of drug-likeness (QED) is 0.0272. The van der Waals surface area contributed by atoms with Crippen molar-refractivity contribution in [2.75, 3.05) is 13.2 Å². The molecule has 0 aromatic heterocycles. The van der Waals surface area contributed by atoms with Crippen molar-refractivity contribution in [3.63, 3.8) is 0 Å². The average molecular weight is 756 g/mol. The van der Waals surface area contributed by atoms with E-state index >= 15 is 0 Å². The maximum absolute atomic E-state index is 12.9. The lowest BCUT2D eigenvalue weighted by atomic mass is 9.99. The summed E-state index contributed by atoms with van der Waals surface area (Å²) in [5, 5.41) is 54.2. The summed E-state index contributed by atoms with van der Waals surface area (Å²) in [6, 6.07) is -0.718. The van der Waals surface area contributed by atoms with Crippen molar-refractivity contribution in [2.24, 2.45) is 0 Å². The van der Waals surface area contributed by atoms with Crippen molar-refractivity contribution in [1.82, 2.24) is 5.32 Å². The van der Waals surface area contributed by atoms with Crippen LogP contribution in [0.2, 0.25) is 0 Å². The van der Waals surface area contributed by atoms with E-state index in [9.17, 15) is 30.3 Å². The van der Waals surface area contributed by atoms with Gasteiger partial charge in [0, 0.05) is 6.42 Å². The molecule has 1 aliphatic heterocycles. The van der Waals surface area contributed by atoms with Crippen LogP contribution in [0.15, 0.2) is 12.2 Å². The molecule has 53 heavy (non-hydrogen) atoms. The molecule has 7 atom stereocenters. The summed E-state index contributed by atoms with van der Waals surface area (Å²) in [5.74, 6) is -0.152. The van der Waals surface area contributed by atoms with E-state index in [1.165, 1.54) is 128 Å². The minimum absolute atomic E-state index is 0.138. The van der Waals surface area contributed by atoms with Gasteiger partial charge in [-0.2, -0.15) is 0 Å². The van der Waals surface area contributed by atoms with Crippen LogP contribution in [0.5, 0.6) is 0 Å². The second-order valence-electron chi connectivity index (χ2n) is 15.8. The Morgan fingerprint density at radius 3 is 1.53 bits per heavy atom. The number of ether oxygens (including phenoxy) is 2. The largest absolute Gasteiger partial charge is 0.394 e. The van der Waals surface area contributed by atoms with Gasteiger partial charge in [-0.05, 0) is 38.5 Å². The van der Waals surface area contributed by atoms with E-state index in [1.54, 1.807) is 0 Å². The topological polar surface area (TPSA) is 149 Å². The number of amides is 1. The standard InChI is InChI=1S/C44H85NO8/c1-3-5-7-9-11-13-15-17-18-19-20-21-22-24-26-28-30-32-34-40(48)45-37(36-52-44-43(51)42(50)41(49)39(35-46)53-44)38(47)33-31-29-27-25-23-16-14-12-10-8-6-4-2/h20-21,37-39,41-44,46-47,49-51H,3-19,22-36H2,1-2H3,(H,45,48)/b21-20-. The summed E-state index contributed by atoms with van der Waals surface area (Å²) in [4.78, 5) is 12.9. The Morgan fingerprint density at radius 2 is 1.06 bits per heavy atom. The van der Waals surface area contributed by atoms with Gasteiger partial charge in [-0.15, -0.1) is 0 Å². The smallest absolute Gasteiger partial charge is 0.220 e. The summed E-state index contributed by atoms with van der Waals surface area (Å²) in [6.07, 6.45) is 32.2. The van der Waals surface area contributed by atoms with Crippen LogP contribution in [-0.2, 0) is 14.3 Å². The van der Waals surface area contributed by atoms with E-state index in [2.05, 4.69) is 31.3 Å². The summed E-state index contributed by atoms with van der Waals surface area (Å²) in [7, 11) is 0. The van der Waals surface area contributed by atoms with Crippen LogP contribution in [0, 0.1) is 0 Å². The predicted molar refractivity (Wildman–Crippen MR) is 217 cm³/mol. The second-order valence-corrected chi connectivity index (χ2v) is 15.8. The maximum Gasteiger partial charge on any atom is 0.220 e. The Kier molecular flexibility index (Phi) is 33.3. The first-order valence-corrected chi connectivity index (χ1v) is 22.4. The molecule has 9 nitrogen and oxygen atoms in total. The number of hydrogen-bond acceptors (Lipinski definition) is 8. The molecular formula is C44H85NO8. The molecule has 0 radical (unpaired) electrons. The fourth-order valence-electron chi connectivity index (χ4n) is 7.21. The van der Waals surface area contributed by atoms with E-state index in [4.69, 9.17) is 9.47 Å². The van der Waals surface area contributed by atoms with Crippen LogP contribution >= 0.6 is 0 Å². The monoisotopic (exact) mass is 756 g/mol. The third-order valence-electron chi connectivity index (χ3n) is 10.9. The zero-order valence-corrected chi connectivity index (χ0v) is 34.3. The minimum Gasteiger partial charge on any atom is -0.394 e. The highest BCUT2D eigenvalue weighted by atomic mass is 16.7. The molecule has 7 unspecified atom stereocenters. The Labute approximate surface area is 325 Å². The van der Waals surface area contributed by atoms with E-state index in [1.807, 2.05) is 0 Å². The van der Waals surface area contributed by atoms with Crippen molar-refractivity contribution in [3.8, 4) is 0 Å². The lowest BCUT2D eigenvalue weighted by Crippen LogP contribution is -2.60. The van der Waals surface area contributed by atoms with Crippen molar-refractivity contribution < 1.29 is 39.8 Å². The average Bonchev–Trinajstić information content (AvgIpc) is 3.16. The molecule has 9 heteroatoms. The Balaban J connectivity index is 2.33. The molecule has 0 aromatic rings. The van der Waals surface area contributed by atoms with Crippen LogP contribution in [-0.4, -0.2) is 87.5 Å². The van der Waals surface area contributed by atoms with Crippen molar-refractivity contribution in [3.05, 3.63) is 12.2 Å². The van der Waals surface area contributed by atoms with Gasteiger partial charge >= 0.3 is 0 Å². The summed E-state index contributed by atoms with van der Waals surface area (Å²) in [6.45, 7) is 3.82. The van der Waals surface area contributed by atoms with Gasteiger partial charge in [0.15, 0.2) is 6.29 Å². The molecule has 0 aromatic carbocycles. The number of unbranched alkanes of at least 4 members (excludes halogenated alkanes) is 25. The molecule has 1 rings (SSSR count). The third-order valence-corrected chi connectivity index (χ3v) is 10.9. The van der Waals surface area contributed by atoms with Gasteiger partial charge in [0.05, 0.1) is 25.4 Å². The Hall–Kier alpha value is -1.07. The molecule has 1 fully saturated rings. The van der Waals surface area contributed by atoms with E-state index < -0.39 is 49.5 Å². The predicted octanol–water partition coefficient (Wildman–Crippen LogP) is 8.95. The first-order valence-electron chi connectivity index (χ1n) is 22.4. The summed E-state index contributed by atoms with van der Waals surface area (Å²) >= 11 is 0. The van der Waals surface area contributed by atoms with Crippen LogP contribution in [0.3, 0.4) is 0 Å². The number of allylic oxidation sites excluding steroid dienone is 2. The molecule has 1 amide bonds. The molecule has 0 spiro atoms. The molecule has 1 saturated heterocycles. The minimum atomic E-state index is -1.55. The Bertz CT molecular complexity index is 842. The molecule has 6 N–H and O–H groups in total. The van der Waals surface area contributed by atoms with Gasteiger partial charge in [-0.25, -0.2) is 0 Å². The highest BCUT2D eigenvalue weighted by Gasteiger charge is 2.44. The van der Waals surface area contributed by atoms with Gasteiger partial charge in [-0.3, -0.25) is 4.79 Å². The number of carbonyl (C=O) groups excluding carboxylic acids is 1. The fourth-order valence-corrected chi connectivity index (χ4v) is 7.21. The van der Waals surface area contributed by atoms with Gasteiger partial charge in [-0.1, -0.05) is 174 Å². The van der Waals surface area contributed by atoms with Crippen molar-refractivity contribution >= 4 is 5.91 Å². The van der Waals surface area contributed by atoms with Gasteiger partial charge in [0.1, 0.15) is 24.4 Å². The van der Waals surface area contributed by atoms with Crippen molar-refractivity contribution in [2.45, 2.75) is 249 Å².